The minimum Gasteiger partial charge on any atom is -0.491 e. The van der Waals surface area contributed by atoms with Crippen LogP contribution in [-0.4, -0.2) is 32.4 Å². The van der Waals surface area contributed by atoms with Gasteiger partial charge in [0.05, 0.1) is 11.1 Å². The van der Waals surface area contributed by atoms with Crippen molar-refractivity contribution >= 4 is 11.6 Å². The first-order chi connectivity index (χ1) is 8.75. The predicted octanol–water partition coefficient (Wildman–Crippen LogP) is 2.80. The molecule has 100 valence electrons. The van der Waals surface area contributed by atoms with E-state index in [1.165, 1.54) is 6.42 Å². The largest absolute Gasteiger partial charge is 0.491 e. The van der Waals surface area contributed by atoms with Gasteiger partial charge in [-0.15, -0.1) is 0 Å². The van der Waals surface area contributed by atoms with Crippen molar-refractivity contribution in [1.82, 2.24) is 5.32 Å². The third kappa shape index (κ3) is 4.16. The van der Waals surface area contributed by atoms with Crippen molar-refractivity contribution in [2.75, 3.05) is 26.3 Å². The zero-order valence-corrected chi connectivity index (χ0v) is 11.5. The Balaban J connectivity index is 1.62. The summed E-state index contributed by atoms with van der Waals surface area (Å²) in [5, 5.41) is 4.01. The molecule has 1 N–H and O–H groups in total. The van der Waals surface area contributed by atoms with Crippen molar-refractivity contribution in [3.63, 3.8) is 0 Å². The predicted molar refractivity (Wildman–Crippen MR) is 73.5 cm³/mol. The first-order valence-corrected chi connectivity index (χ1v) is 6.85. The molecule has 1 unspecified atom stereocenters. The maximum absolute atomic E-state index is 6.08. The zero-order chi connectivity index (χ0) is 12.8. The van der Waals surface area contributed by atoms with Crippen LogP contribution in [0.5, 0.6) is 5.75 Å². The molecular formula is C14H20ClNO2. The molecule has 0 spiro atoms. The van der Waals surface area contributed by atoms with E-state index in [9.17, 15) is 0 Å². The molecule has 1 aromatic carbocycles. The van der Waals surface area contributed by atoms with Crippen molar-refractivity contribution in [3.05, 3.63) is 28.8 Å². The van der Waals surface area contributed by atoms with Crippen molar-refractivity contribution in [2.24, 2.45) is 0 Å². The Hall–Kier alpha value is -0.770. The van der Waals surface area contributed by atoms with Gasteiger partial charge in [-0.2, -0.15) is 0 Å². The molecule has 1 aliphatic rings. The van der Waals surface area contributed by atoms with Gasteiger partial charge >= 0.3 is 0 Å². The minimum atomic E-state index is 0.382. The average molecular weight is 270 g/mol. The van der Waals surface area contributed by atoms with Crippen LogP contribution in [0.25, 0.3) is 0 Å². The molecule has 1 heterocycles. The fourth-order valence-corrected chi connectivity index (χ4v) is 2.31. The van der Waals surface area contributed by atoms with Crippen LogP contribution in [-0.2, 0) is 4.74 Å². The van der Waals surface area contributed by atoms with Crippen LogP contribution in [0.2, 0.25) is 5.02 Å². The first kappa shape index (κ1) is 13.7. The van der Waals surface area contributed by atoms with Crippen LogP contribution in [0.4, 0.5) is 0 Å². The maximum Gasteiger partial charge on any atom is 0.137 e. The normalized spacial score (nSPS) is 19.1. The topological polar surface area (TPSA) is 30.5 Å². The molecule has 0 aromatic heterocycles. The Morgan fingerprint density at radius 3 is 3.11 bits per heavy atom. The summed E-state index contributed by atoms with van der Waals surface area (Å²) >= 11 is 6.08. The number of ether oxygens (including phenoxy) is 2. The lowest BCUT2D eigenvalue weighted by Crippen LogP contribution is -2.29. The van der Waals surface area contributed by atoms with Crippen molar-refractivity contribution in [3.8, 4) is 5.75 Å². The smallest absolute Gasteiger partial charge is 0.137 e. The van der Waals surface area contributed by atoms with Gasteiger partial charge in [0.1, 0.15) is 12.4 Å². The summed E-state index contributed by atoms with van der Waals surface area (Å²) in [7, 11) is 0. The highest BCUT2D eigenvalue weighted by Crippen LogP contribution is 2.24. The van der Waals surface area contributed by atoms with E-state index >= 15 is 0 Å². The molecule has 1 aromatic rings. The molecular weight excluding hydrogens is 250 g/mol. The van der Waals surface area contributed by atoms with E-state index in [0.29, 0.717) is 17.7 Å². The highest BCUT2D eigenvalue weighted by Gasteiger charge is 2.14. The first-order valence-electron chi connectivity index (χ1n) is 6.47. The number of rotatable bonds is 6. The molecule has 18 heavy (non-hydrogen) atoms. The lowest BCUT2D eigenvalue weighted by atomic mass is 10.2. The summed E-state index contributed by atoms with van der Waals surface area (Å²) in [6.45, 7) is 5.26. The maximum atomic E-state index is 6.08. The molecule has 1 saturated heterocycles. The molecule has 4 heteroatoms. The lowest BCUT2D eigenvalue weighted by molar-refractivity contribution is 0.109. The van der Waals surface area contributed by atoms with Crippen molar-refractivity contribution in [2.45, 2.75) is 25.9 Å². The van der Waals surface area contributed by atoms with E-state index in [2.05, 4.69) is 5.32 Å². The average Bonchev–Trinajstić information content (AvgIpc) is 2.84. The Bertz CT molecular complexity index is 378. The summed E-state index contributed by atoms with van der Waals surface area (Å²) < 4.78 is 11.1. The SMILES string of the molecule is Cc1ccc(OCCNCC2CCCO2)c(Cl)c1. The third-order valence-corrected chi connectivity index (χ3v) is 3.32. The number of hydrogen-bond donors (Lipinski definition) is 1. The summed E-state index contributed by atoms with van der Waals surface area (Å²) in [6, 6.07) is 5.83. The number of halogens is 1. The molecule has 1 atom stereocenters. The molecule has 0 bridgehead atoms. The molecule has 1 aliphatic heterocycles. The molecule has 0 amide bonds. The van der Waals surface area contributed by atoms with Crippen LogP contribution in [0.1, 0.15) is 18.4 Å². The fraction of sp³-hybridized carbons (Fsp3) is 0.571. The van der Waals surface area contributed by atoms with Crippen molar-refractivity contribution < 1.29 is 9.47 Å². The molecule has 0 saturated carbocycles. The lowest BCUT2D eigenvalue weighted by Gasteiger charge is -2.12. The summed E-state index contributed by atoms with van der Waals surface area (Å²) in [5.41, 5.74) is 1.14. The van der Waals surface area contributed by atoms with E-state index in [1.54, 1.807) is 0 Å². The quantitative estimate of drug-likeness (QED) is 0.806. The second-order valence-corrected chi connectivity index (χ2v) is 5.03. The van der Waals surface area contributed by atoms with E-state index in [-0.39, 0.29) is 0 Å². The van der Waals surface area contributed by atoms with E-state index < -0.39 is 0 Å². The molecule has 3 nitrogen and oxygen atoms in total. The molecule has 1 fully saturated rings. The van der Waals surface area contributed by atoms with Gasteiger partial charge in [0.2, 0.25) is 0 Å². The van der Waals surface area contributed by atoms with Crippen LogP contribution < -0.4 is 10.1 Å². The van der Waals surface area contributed by atoms with Gasteiger partial charge < -0.3 is 14.8 Å². The highest BCUT2D eigenvalue weighted by molar-refractivity contribution is 6.32. The molecule has 0 aliphatic carbocycles. The fourth-order valence-electron chi connectivity index (χ4n) is 2.02. The second kappa shape index (κ2) is 6.98. The minimum absolute atomic E-state index is 0.382. The standard InChI is InChI=1S/C14H20ClNO2/c1-11-4-5-14(13(15)9-11)18-8-6-16-10-12-3-2-7-17-12/h4-5,9,12,16H,2-3,6-8,10H2,1H3. The van der Waals surface area contributed by atoms with Gasteiger partial charge in [-0.1, -0.05) is 17.7 Å². The third-order valence-electron chi connectivity index (χ3n) is 3.02. The zero-order valence-electron chi connectivity index (χ0n) is 10.7. The van der Waals surface area contributed by atoms with Gasteiger partial charge in [0, 0.05) is 19.7 Å². The molecule has 0 radical (unpaired) electrons. The Kier molecular flexibility index (Phi) is 5.29. The van der Waals surface area contributed by atoms with Gasteiger partial charge in [-0.3, -0.25) is 0 Å². The van der Waals surface area contributed by atoms with Gasteiger partial charge in [-0.05, 0) is 37.5 Å². The van der Waals surface area contributed by atoms with Gasteiger partial charge in [0.15, 0.2) is 0 Å². The Labute approximate surface area is 113 Å². The van der Waals surface area contributed by atoms with E-state index in [1.807, 2.05) is 25.1 Å². The van der Waals surface area contributed by atoms with Crippen LogP contribution in [0.3, 0.4) is 0 Å². The van der Waals surface area contributed by atoms with Gasteiger partial charge in [0.25, 0.3) is 0 Å². The van der Waals surface area contributed by atoms with E-state index in [0.717, 1.165) is 37.4 Å². The van der Waals surface area contributed by atoms with Gasteiger partial charge in [-0.25, -0.2) is 0 Å². The van der Waals surface area contributed by atoms with E-state index in [4.69, 9.17) is 21.1 Å². The second-order valence-electron chi connectivity index (χ2n) is 4.62. The number of hydrogen-bond acceptors (Lipinski definition) is 3. The summed E-state index contributed by atoms with van der Waals surface area (Å²) in [6.07, 6.45) is 2.73. The monoisotopic (exact) mass is 269 g/mol. The van der Waals surface area contributed by atoms with Crippen LogP contribution in [0.15, 0.2) is 18.2 Å². The summed E-state index contributed by atoms with van der Waals surface area (Å²) in [4.78, 5) is 0. The highest BCUT2D eigenvalue weighted by atomic mass is 35.5. The summed E-state index contributed by atoms with van der Waals surface area (Å²) in [5.74, 6) is 0.751. The van der Waals surface area contributed by atoms with Crippen molar-refractivity contribution in [1.29, 1.82) is 0 Å². The number of nitrogens with one attached hydrogen (secondary N) is 1. The van der Waals surface area contributed by atoms with Crippen LogP contribution >= 0.6 is 11.6 Å². The number of aryl methyl sites for hydroxylation is 1. The van der Waals surface area contributed by atoms with Crippen LogP contribution in [0, 0.1) is 6.92 Å². The molecule has 2 rings (SSSR count). The number of benzene rings is 1. The Morgan fingerprint density at radius 1 is 1.50 bits per heavy atom. The Morgan fingerprint density at radius 2 is 2.39 bits per heavy atom.